The van der Waals surface area contributed by atoms with E-state index in [2.05, 4.69) is 11.1 Å². The van der Waals surface area contributed by atoms with E-state index in [9.17, 15) is 23.2 Å². The van der Waals surface area contributed by atoms with Gasteiger partial charge in [0.1, 0.15) is 5.60 Å². The van der Waals surface area contributed by atoms with Crippen molar-refractivity contribution >= 4 is 22.8 Å². The van der Waals surface area contributed by atoms with Gasteiger partial charge in [0.25, 0.3) is 0 Å². The highest BCUT2D eigenvalue weighted by Crippen LogP contribution is 2.44. The molecule has 0 N–H and O–H groups in total. The van der Waals surface area contributed by atoms with Gasteiger partial charge < -0.3 is 9.30 Å². The molecule has 3 aromatic rings. The largest absolute Gasteiger partial charge is 0.441 e. The lowest BCUT2D eigenvalue weighted by Crippen LogP contribution is -2.40. The molecule has 1 amide bonds. The highest BCUT2D eigenvalue weighted by atomic mass is 19.4. The lowest BCUT2D eigenvalue weighted by atomic mass is 9.78. The number of amides is 1. The van der Waals surface area contributed by atoms with E-state index in [1.807, 2.05) is 10.6 Å². The Hall–Kier alpha value is -3.54. The molecule has 2 aliphatic rings. The monoisotopic (exact) mass is 454 g/mol. The number of benzene rings is 2. The summed E-state index contributed by atoms with van der Waals surface area (Å²) in [4.78, 5) is 18.2. The zero-order valence-corrected chi connectivity index (χ0v) is 17.7. The van der Waals surface area contributed by atoms with Gasteiger partial charge in [-0.25, -0.2) is 9.78 Å². The molecule has 9 heteroatoms. The third kappa shape index (κ3) is 3.90. The fraction of sp³-hybridized carbons (Fsp3) is 0.375. The van der Waals surface area contributed by atoms with Crippen LogP contribution in [0.5, 0.6) is 0 Å². The molecule has 2 aromatic carbocycles. The molecule has 2 heterocycles. The summed E-state index contributed by atoms with van der Waals surface area (Å²) in [5.74, 6) is 0.160. The van der Waals surface area contributed by atoms with Crippen LogP contribution in [0.1, 0.15) is 36.8 Å². The minimum Gasteiger partial charge on any atom is -0.441 e. The summed E-state index contributed by atoms with van der Waals surface area (Å²) in [6, 6.07) is 12.6. The average molecular weight is 454 g/mol. The molecule has 0 radical (unpaired) electrons. The maximum absolute atomic E-state index is 13.5. The molecule has 33 heavy (non-hydrogen) atoms. The molecular weight excluding hydrogens is 433 g/mol. The first-order chi connectivity index (χ1) is 15.8. The molecule has 170 valence electrons. The lowest BCUT2D eigenvalue weighted by molar-refractivity contribution is -0.137. The van der Waals surface area contributed by atoms with Crippen molar-refractivity contribution in [2.24, 2.45) is 5.92 Å². The predicted octanol–water partition coefficient (Wildman–Crippen LogP) is 5.51. The van der Waals surface area contributed by atoms with E-state index >= 15 is 0 Å². The molecular formula is C24H21F3N4O2. The fourth-order valence-electron chi connectivity index (χ4n) is 5.14. The van der Waals surface area contributed by atoms with Crippen LogP contribution in [0.25, 0.3) is 11.0 Å². The second-order valence-electron chi connectivity index (χ2n) is 8.83. The zero-order valence-electron chi connectivity index (χ0n) is 17.7. The fourth-order valence-corrected chi connectivity index (χ4v) is 5.14. The van der Waals surface area contributed by atoms with Crippen LogP contribution in [-0.2, 0) is 17.5 Å². The molecule has 5 rings (SSSR count). The summed E-state index contributed by atoms with van der Waals surface area (Å²) < 4.78 is 48.3. The Morgan fingerprint density at radius 2 is 2.06 bits per heavy atom. The highest BCUT2D eigenvalue weighted by molar-refractivity contribution is 5.91. The van der Waals surface area contributed by atoms with Crippen LogP contribution in [0.2, 0.25) is 0 Å². The normalized spacial score (nSPS) is 23.2. The molecule has 1 saturated carbocycles. The van der Waals surface area contributed by atoms with Crippen LogP contribution < -0.4 is 4.90 Å². The number of aromatic nitrogens is 2. The van der Waals surface area contributed by atoms with Gasteiger partial charge in [0.15, 0.2) is 0 Å². The Bertz CT molecular complexity index is 1260. The van der Waals surface area contributed by atoms with Crippen molar-refractivity contribution in [3.05, 3.63) is 59.9 Å². The number of rotatable bonds is 3. The minimum absolute atomic E-state index is 0.0959. The second-order valence-corrected chi connectivity index (χ2v) is 8.83. The Morgan fingerprint density at radius 1 is 1.24 bits per heavy atom. The SMILES string of the molecule is N#Cc1ccc2ncn(C[C@H]3CCC[C@]4(C3)CN(c3ccccc3C(F)(F)F)C(=O)O4)c2c1. The first-order valence-corrected chi connectivity index (χ1v) is 10.8. The smallest absolute Gasteiger partial charge is 0.418 e. The molecule has 1 aliphatic heterocycles. The minimum atomic E-state index is -4.56. The second kappa shape index (κ2) is 7.80. The van der Waals surface area contributed by atoms with Gasteiger partial charge in [-0.3, -0.25) is 4.90 Å². The van der Waals surface area contributed by atoms with Crippen molar-refractivity contribution in [2.75, 3.05) is 11.4 Å². The van der Waals surface area contributed by atoms with E-state index < -0.39 is 23.4 Å². The molecule has 2 fully saturated rings. The van der Waals surface area contributed by atoms with Crippen LogP contribution in [0, 0.1) is 17.2 Å². The van der Waals surface area contributed by atoms with Crippen molar-refractivity contribution in [1.29, 1.82) is 5.26 Å². The van der Waals surface area contributed by atoms with Gasteiger partial charge >= 0.3 is 12.3 Å². The third-order valence-corrected chi connectivity index (χ3v) is 6.58. The average Bonchev–Trinajstić information content (AvgIpc) is 3.33. The Labute approximate surface area is 188 Å². The van der Waals surface area contributed by atoms with E-state index in [-0.39, 0.29) is 18.2 Å². The summed E-state index contributed by atoms with van der Waals surface area (Å²) in [7, 11) is 0. The Kier molecular flexibility index (Phi) is 5.04. The van der Waals surface area contributed by atoms with Crippen LogP contribution in [0.3, 0.4) is 0 Å². The summed E-state index contributed by atoms with van der Waals surface area (Å²) in [6.45, 7) is 0.725. The third-order valence-electron chi connectivity index (χ3n) is 6.58. The van der Waals surface area contributed by atoms with Crippen molar-refractivity contribution in [2.45, 2.75) is 44.0 Å². The maximum atomic E-state index is 13.5. The first-order valence-electron chi connectivity index (χ1n) is 10.8. The number of ether oxygens (including phenoxy) is 1. The number of imidazole rings is 1. The van der Waals surface area contributed by atoms with E-state index in [1.54, 1.807) is 18.5 Å². The van der Waals surface area contributed by atoms with Gasteiger partial charge in [0, 0.05) is 6.54 Å². The number of hydrogen-bond donors (Lipinski definition) is 0. The predicted molar refractivity (Wildman–Crippen MR) is 114 cm³/mol. The van der Waals surface area contributed by atoms with Gasteiger partial charge in [-0.15, -0.1) is 0 Å². The number of anilines is 1. The molecule has 1 saturated heterocycles. The Morgan fingerprint density at radius 3 is 2.85 bits per heavy atom. The van der Waals surface area contributed by atoms with Gasteiger partial charge in [0.05, 0.1) is 46.8 Å². The Balaban J connectivity index is 1.37. The summed E-state index contributed by atoms with van der Waals surface area (Å²) >= 11 is 0. The summed E-state index contributed by atoms with van der Waals surface area (Å²) in [5, 5.41) is 9.20. The standard InChI is InChI=1S/C24H21F3N4O2/c25-24(26,27)18-5-1-2-6-20(18)31-14-23(33-22(31)32)9-3-4-17(11-23)13-30-15-29-19-8-7-16(12-28)10-21(19)30/h1-2,5-8,10,15,17H,3-4,9,11,13-14H2/t17-,23-/m0/s1. The number of carbonyl (C=O) groups is 1. The van der Waals surface area contributed by atoms with Gasteiger partial charge in [0.2, 0.25) is 0 Å². The van der Waals surface area contributed by atoms with Crippen LogP contribution in [0.15, 0.2) is 48.8 Å². The number of fused-ring (bicyclic) bond motifs is 1. The highest BCUT2D eigenvalue weighted by Gasteiger charge is 2.50. The molecule has 1 aliphatic carbocycles. The van der Waals surface area contributed by atoms with Crippen LogP contribution in [-0.4, -0.2) is 27.8 Å². The van der Waals surface area contributed by atoms with Crippen LogP contribution >= 0.6 is 0 Å². The number of halogens is 3. The molecule has 2 atom stereocenters. The van der Waals surface area contributed by atoms with E-state index in [1.165, 1.54) is 18.2 Å². The number of para-hydroxylation sites is 1. The van der Waals surface area contributed by atoms with E-state index in [0.29, 0.717) is 24.9 Å². The quantitative estimate of drug-likeness (QED) is 0.523. The molecule has 0 unspecified atom stereocenters. The van der Waals surface area contributed by atoms with E-state index in [4.69, 9.17) is 4.74 Å². The van der Waals surface area contributed by atoms with Crippen molar-refractivity contribution in [1.82, 2.24) is 9.55 Å². The number of carbonyl (C=O) groups excluding carboxylic acids is 1. The van der Waals surface area contributed by atoms with Crippen molar-refractivity contribution in [3.63, 3.8) is 0 Å². The number of alkyl halides is 3. The lowest BCUT2D eigenvalue weighted by Gasteiger charge is -2.36. The number of nitrogens with zero attached hydrogens (tertiary/aromatic N) is 4. The molecule has 1 aromatic heterocycles. The van der Waals surface area contributed by atoms with Gasteiger partial charge in [-0.2, -0.15) is 18.4 Å². The maximum Gasteiger partial charge on any atom is 0.418 e. The summed E-state index contributed by atoms with van der Waals surface area (Å²) in [5.41, 5.74) is 0.378. The van der Waals surface area contributed by atoms with Crippen molar-refractivity contribution in [3.8, 4) is 6.07 Å². The zero-order chi connectivity index (χ0) is 23.2. The van der Waals surface area contributed by atoms with Gasteiger partial charge in [-0.05, 0) is 61.9 Å². The van der Waals surface area contributed by atoms with Crippen molar-refractivity contribution < 1.29 is 22.7 Å². The molecule has 0 bridgehead atoms. The summed E-state index contributed by atoms with van der Waals surface area (Å²) in [6.07, 6.45) is -0.672. The molecule has 6 nitrogen and oxygen atoms in total. The first kappa shape index (κ1) is 21.3. The van der Waals surface area contributed by atoms with E-state index in [0.717, 1.165) is 34.8 Å². The molecule has 1 spiro atoms. The topological polar surface area (TPSA) is 71.2 Å². The van der Waals surface area contributed by atoms with Crippen LogP contribution in [0.4, 0.5) is 23.7 Å². The van der Waals surface area contributed by atoms with Gasteiger partial charge in [-0.1, -0.05) is 12.1 Å². The number of nitriles is 1. The number of hydrogen-bond acceptors (Lipinski definition) is 4.